The van der Waals surface area contributed by atoms with Crippen LogP contribution in [-0.2, 0) is 9.59 Å². The first-order valence-electron chi connectivity index (χ1n) is 42.9. The lowest BCUT2D eigenvalue weighted by molar-refractivity contribution is -0.111. The van der Waals surface area contributed by atoms with Gasteiger partial charge in [0.1, 0.15) is 0 Å². The van der Waals surface area contributed by atoms with E-state index in [2.05, 4.69) is 61.1 Å². The Hall–Kier alpha value is -0.280. The molecule has 4 N–H and O–H groups in total. The molecule has 6 unspecified atom stereocenters. The van der Waals surface area contributed by atoms with Gasteiger partial charge in [-0.2, -0.15) is 0 Å². The van der Waals surface area contributed by atoms with Crippen LogP contribution in [0.5, 0.6) is 0 Å². The Morgan fingerprint density at radius 3 is 0.719 bits per heavy atom. The van der Waals surface area contributed by atoms with Gasteiger partial charge in [-0.05, 0) is 78.3 Å². The lowest BCUT2D eigenvalue weighted by Crippen LogP contribution is -2.57. The third-order valence-corrected chi connectivity index (χ3v) is 23.0. The van der Waals surface area contributed by atoms with Crippen LogP contribution in [0.25, 0.3) is 0 Å². The van der Waals surface area contributed by atoms with E-state index < -0.39 is 0 Å². The third-order valence-electron chi connectivity index (χ3n) is 21.2. The number of unbranched alkanes of at least 4 members (excludes halogenated alkanes) is 46. The van der Waals surface area contributed by atoms with Crippen molar-refractivity contribution in [1.82, 2.24) is 19.6 Å². The number of rotatable bonds is 76. The molecule has 1 rings (SSSR count). The van der Waals surface area contributed by atoms with Gasteiger partial charge in [0.25, 0.3) is 0 Å². The van der Waals surface area contributed by atoms with Crippen LogP contribution in [0.2, 0.25) is 0 Å². The van der Waals surface area contributed by atoms with Crippen molar-refractivity contribution in [3.63, 3.8) is 0 Å². The van der Waals surface area contributed by atoms with E-state index in [1.165, 1.54) is 306 Å². The average molecular weight is 1390 g/mol. The molecular formula is C84H168N4O6S2. The number of piperazine rings is 1. The summed E-state index contributed by atoms with van der Waals surface area (Å²) in [5, 5.41) is 45.4. The molecular weight excluding hydrogens is 1230 g/mol. The van der Waals surface area contributed by atoms with E-state index in [0.29, 0.717) is 51.1 Å². The number of carbonyl (C=O) groups excluding carboxylic acids is 2. The molecule has 1 saturated heterocycles. The molecule has 0 radical (unpaired) electrons. The zero-order valence-electron chi connectivity index (χ0n) is 65.2. The van der Waals surface area contributed by atoms with Crippen molar-refractivity contribution >= 4 is 33.8 Å². The fourth-order valence-corrected chi connectivity index (χ4v) is 16.4. The molecule has 1 aliphatic rings. The maximum absolute atomic E-state index is 13.2. The molecule has 6 atom stereocenters. The van der Waals surface area contributed by atoms with Crippen LogP contribution in [0.1, 0.15) is 414 Å². The summed E-state index contributed by atoms with van der Waals surface area (Å²) >= 11 is 2.98. The van der Waals surface area contributed by atoms with E-state index in [1.807, 2.05) is 0 Å². The largest absolute Gasteiger partial charge is 0.392 e. The molecule has 10 nitrogen and oxygen atoms in total. The first kappa shape index (κ1) is 93.7. The lowest BCUT2D eigenvalue weighted by Gasteiger charge is -2.44. The smallest absolute Gasteiger partial charge is 0.188 e. The summed E-state index contributed by atoms with van der Waals surface area (Å²) in [4.78, 5) is 36.1. The quantitative estimate of drug-likeness (QED) is 0.0433. The summed E-state index contributed by atoms with van der Waals surface area (Å²) in [6.07, 6.45) is 69.6. The second-order valence-corrected chi connectivity index (χ2v) is 33.2. The van der Waals surface area contributed by atoms with Gasteiger partial charge in [0, 0.05) is 88.8 Å². The number of hydrogen-bond donors (Lipinski definition) is 4. The van der Waals surface area contributed by atoms with Crippen molar-refractivity contribution in [3.8, 4) is 0 Å². The number of aliphatic hydroxyl groups is 4. The Morgan fingerprint density at radius 1 is 0.312 bits per heavy atom. The molecule has 572 valence electrons. The molecule has 1 aliphatic heterocycles. The van der Waals surface area contributed by atoms with Gasteiger partial charge < -0.3 is 20.4 Å². The molecule has 0 aromatic heterocycles. The Kier molecular flexibility index (Phi) is 70.0. The van der Waals surface area contributed by atoms with Crippen LogP contribution in [0.15, 0.2) is 0 Å². The fraction of sp³-hybridized carbons (Fsp3) is 0.976. The maximum Gasteiger partial charge on any atom is 0.188 e. The van der Waals surface area contributed by atoms with Crippen molar-refractivity contribution in [1.29, 1.82) is 0 Å². The highest BCUT2D eigenvalue weighted by Gasteiger charge is 2.29. The number of thioether (sulfide) groups is 2. The van der Waals surface area contributed by atoms with E-state index in [-0.39, 0.29) is 34.6 Å². The van der Waals surface area contributed by atoms with E-state index in [0.717, 1.165) is 128 Å². The van der Waals surface area contributed by atoms with Crippen molar-refractivity contribution in [3.05, 3.63) is 0 Å². The van der Waals surface area contributed by atoms with Crippen LogP contribution in [-0.4, -0.2) is 164 Å². The van der Waals surface area contributed by atoms with Crippen LogP contribution in [0.4, 0.5) is 0 Å². The van der Waals surface area contributed by atoms with Crippen LogP contribution in [0, 0.1) is 0 Å². The zero-order valence-corrected chi connectivity index (χ0v) is 66.8. The first-order valence-corrected chi connectivity index (χ1v) is 44.8. The number of hydrogen-bond acceptors (Lipinski definition) is 12. The van der Waals surface area contributed by atoms with E-state index in [9.17, 15) is 30.0 Å². The molecule has 0 amide bonds. The lowest BCUT2D eigenvalue weighted by atomic mass is 10.0. The Balaban J connectivity index is 2.50. The van der Waals surface area contributed by atoms with Gasteiger partial charge in [0.05, 0.1) is 24.4 Å². The van der Waals surface area contributed by atoms with Gasteiger partial charge >= 0.3 is 0 Å². The molecule has 0 spiro atoms. The van der Waals surface area contributed by atoms with Gasteiger partial charge in [0.2, 0.25) is 0 Å². The minimum absolute atomic E-state index is 0.275. The highest BCUT2D eigenvalue weighted by Crippen LogP contribution is 2.23. The Labute approximate surface area is 607 Å². The van der Waals surface area contributed by atoms with Crippen molar-refractivity contribution < 1.29 is 30.0 Å². The summed E-state index contributed by atoms with van der Waals surface area (Å²) in [6.45, 7) is 21.6. The summed E-state index contributed by atoms with van der Waals surface area (Å²) in [5.74, 6) is 1.61. The normalized spacial score (nSPS) is 16.2. The molecule has 0 aromatic carbocycles. The summed E-state index contributed by atoms with van der Waals surface area (Å²) in [5.41, 5.74) is 0. The van der Waals surface area contributed by atoms with Gasteiger partial charge in [-0.3, -0.25) is 29.2 Å². The van der Waals surface area contributed by atoms with Gasteiger partial charge in [-0.25, -0.2) is 0 Å². The minimum atomic E-state index is -0.375. The van der Waals surface area contributed by atoms with E-state index >= 15 is 0 Å². The first-order chi connectivity index (χ1) is 46.9. The zero-order chi connectivity index (χ0) is 69.8. The van der Waals surface area contributed by atoms with Gasteiger partial charge in [0.15, 0.2) is 10.2 Å². The fourth-order valence-electron chi connectivity index (χ4n) is 14.8. The van der Waals surface area contributed by atoms with Crippen LogP contribution < -0.4 is 0 Å². The monoisotopic (exact) mass is 1390 g/mol. The van der Waals surface area contributed by atoms with Crippen LogP contribution >= 0.6 is 23.5 Å². The molecule has 0 bridgehead atoms. The molecule has 0 saturated carbocycles. The third kappa shape index (κ3) is 62.3. The van der Waals surface area contributed by atoms with Gasteiger partial charge in [-0.15, -0.1) is 0 Å². The topological polar surface area (TPSA) is 128 Å². The maximum atomic E-state index is 13.2. The SMILES string of the molecule is CCCCCCCCCCCCCCC(O)CN(CCCCC(=O)SCCN1CC(C)N(CCSC(=O)CCCCN(CC(O)CCCCCCCCCCCCCC)CC(O)CCCCCCCCCCCCCC)CC1C)CC(O)CCCCCCCCCCCCCC. The van der Waals surface area contributed by atoms with Crippen molar-refractivity contribution in [2.75, 3.05) is 77.0 Å². The average Bonchev–Trinajstić information content (AvgIpc) is 1.16. The highest BCUT2D eigenvalue weighted by molar-refractivity contribution is 8.13. The molecule has 1 heterocycles. The minimum Gasteiger partial charge on any atom is -0.392 e. The molecule has 0 aromatic rings. The summed E-state index contributed by atoms with van der Waals surface area (Å²) in [7, 11) is 0. The van der Waals surface area contributed by atoms with Crippen molar-refractivity contribution in [2.24, 2.45) is 0 Å². The van der Waals surface area contributed by atoms with Crippen LogP contribution in [0.3, 0.4) is 0 Å². The van der Waals surface area contributed by atoms with E-state index in [4.69, 9.17) is 0 Å². The second-order valence-electron chi connectivity index (χ2n) is 30.9. The number of carbonyl (C=O) groups is 2. The van der Waals surface area contributed by atoms with Gasteiger partial charge in [-0.1, -0.05) is 359 Å². The number of nitrogens with zero attached hydrogens (tertiary/aromatic N) is 4. The summed E-state index contributed by atoms with van der Waals surface area (Å²) in [6, 6.07) is 0.783. The Morgan fingerprint density at radius 2 is 0.510 bits per heavy atom. The molecule has 12 heteroatoms. The molecule has 1 fully saturated rings. The molecule has 96 heavy (non-hydrogen) atoms. The highest BCUT2D eigenvalue weighted by atomic mass is 32.2. The standard InChI is InChI=1S/C84H168N4O6S2/c1-7-11-15-19-23-27-31-35-39-43-47-51-59-79(89)73-85(74-80(90)60-52-48-44-40-36-32-28-24-20-16-12-8-2)65-57-55-63-83(93)95-69-67-87-71-78(6)88(72-77(87)5)68-70-96-84(94)64-56-58-66-86(75-81(91)61-53-49-45-41-37-33-29-25-21-17-13-9-3)76-82(92)62-54-50-46-42-38-34-30-26-22-18-14-10-4/h77-82,89-92H,7-76H2,1-6H3. The number of aliphatic hydroxyl groups excluding tert-OH is 4. The van der Waals surface area contributed by atoms with E-state index in [1.54, 1.807) is 0 Å². The predicted octanol–water partition coefficient (Wildman–Crippen LogP) is 22.7. The molecule has 0 aliphatic carbocycles. The second kappa shape index (κ2) is 71.7. The predicted molar refractivity (Wildman–Crippen MR) is 424 cm³/mol. The summed E-state index contributed by atoms with van der Waals surface area (Å²) < 4.78 is 0. The van der Waals surface area contributed by atoms with Crippen molar-refractivity contribution in [2.45, 2.75) is 450 Å². The Bertz CT molecular complexity index is 1430.